The molecule has 9 heteroatoms. The summed E-state index contributed by atoms with van der Waals surface area (Å²) in [7, 11) is 0. The fraction of sp³-hybridized carbons (Fsp3) is 0.353. The fourth-order valence-corrected chi connectivity index (χ4v) is 3.14. The zero-order valence-corrected chi connectivity index (χ0v) is 13.7. The lowest BCUT2D eigenvalue weighted by molar-refractivity contribution is -0.148. The molecule has 4 rings (SSSR count). The van der Waals surface area contributed by atoms with Gasteiger partial charge in [-0.15, -0.1) is 10.2 Å². The normalized spacial score (nSPS) is 16.5. The second kappa shape index (κ2) is 6.15. The summed E-state index contributed by atoms with van der Waals surface area (Å²) in [5.74, 6) is -0.288. The molecule has 0 N–H and O–H groups in total. The molecule has 0 atom stereocenters. The van der Waals surface area contributed by atoms with Gasteiger partial charge in [-0.3, -0.25) is 4.79 Å². The number of alkyl halides is 3. The van der Waals surface area contributed by atoms with Gasteiger partial charge in [-0.25, -0.2) is 0 Å². The molecule has 0 spiro atoms. The number of ether oxygens (including phenoxy) is 1. The van der Waals surface area contributed by atoms with Gasteiger partial charge >= 0.3 is 6.18 Å². The van der Waals surface area contributed by atoms with Crippen molar-refractivity contribution in [3.63, 3.8) is 0 Å². The first-order valence-electron chi connectivity index (χ1n) is 8.14. The van der Waals surface area contributed by atoms with Gasteiger partial charge < -0.3 is 14.2 Å². The predicted octanol–water partition coefficient (Wildman–Crippen LogP) is 2.29. The molecule has 0 aliphatic carbocycles. The number of carbonyl (C=O) groups excluding carboxylic acids is 1. The van der Waals surface area contributed by atoms with Crippen molar-refractivity contribution < 1.29 is 22.7 Å². The Labute approximate surface area is 146 Å². The van der Waals surface area contributed by atoms with Gasteiger partial charge in [0.1, 0.15) is 5.75 Å². The molecule has 1 amide bonds. The minimum Gasteiger partial charge on any atom is -0.493 e. The number of carbonyl (C=O) groups is 1. The monoisotopic (exact) mass is 364 g/mol. The van der Waals surface area contributed by atoms with Crippen molar-refractivity contribution in [2.24, 2.45) is 0 Å². The highest BCUT2D eigenvalue weighted by atomic mass is 19.4. The van der Waals surface area contributed by atoms with Crippen molar-refractivity contribution in [1.82, 2.24) is 19.7 Å². The molecule has 136 valence electrons. The Kier molecular flexibility index (Phi) is 3.93. The van der Waals surface area contributed by atoms with E-state index in [2.05, 4.69) is 10.2 Å². The zero-order valence-electron chi connectivity index (χ0n) is 13.7. The van der Waals surface area contributed by atoms with E-state index in [4.69, 9.17) is 4.74 Å². The average molecular weight is 364 g/mol. The van der Waals surface area contributed by atoms with Crippen LogP contribution < -0.4 is 4.74 Å². The minimum absolute atomic E-state index is 0.00425. The number of hydrogen-bond donors (Lipinski definition) is 0. The number of aromatic nitrogens is 3. The van der Waals surface area contributed by atoms with E-state index in [-0.39, 0.29) is 31.4 Å². The van der Waals surface area contributed by atoms with Gasteiger partial charge in [-0.05, 0) is 29.3 Å². The van der Waals surface area contributed by atoms with Crippen LogP contribution in [0.5, 0.6) is 5.75 Å². The van der Waals surface area contributed by atoms with Gasteiger partial charge in [0.15, 0.2) is 5.82 Å². The molecule has 1 aromatic carbocycles. The summed E-state index contributed by atoms with van der Waals surface area (Å²) >= 11 is 0. The number of benzene rings is 1. The lowest BCUT2D eigenvalue weighted by atomic mass is 10.1. The first kappa shape index (κ1) is 16.6. The van der Waals surface area contributed by atoms with E-state index in [0.29, 0.717) is 6.61 Å². The zero-order chi connectivity index (χ0) is 18.3. The van der Waals surface area contributed by atoms with Crippen LogP contribution in [0.2, 0.25) is 0 Å². The Bertz CT molecular complexity index is 889. The Morgan fingerprint density at radius 2 is 2.08 bits per heavy atom. The molecule has 1 aromatic heterocycles. The molecule has 2 aliphatic heterocycles. The maximum absolute atomic E-state index is 12.8. The molecule has 6 nitrogen and oxygen atoms in total. The Morgan fingerprint density at radius 3 is 2.88 bits per heavy atom. The second-order valence-corrected chi connectivity index (χ2v) is 6.15. The van der Waals surface area contributed by atoms with Gasteiger partial charge in [0, 0.05) is 25.6 Å². The quantitative estimate of drug-likeness (QED) is 0.768. The van der Waals surface area contributed by atoms with Crippen LogP contribution in [0.4, 0.5) is 13.2 Å². The van der Waals surface area contributed by atoms with Gasteiger partial charge in [0.25, 0.3) is 0 Å². The van der Waals surface area contributed by atoms with Crippen molar-refractivity contribution in [3.05, 3.63) is 47.1 Å². The highest BCUT2D eigenvalue weighted by Gasteiger charge is 2.39. The molecule has 0 radical (unpaired) electrons. The van der Waals surface area contributed by atoms with Crippen molar-refractivity contribution >= 4 is 12.0 Å². The Morgan fingerprint density at radius 1 is 1.23 bits per heavy atom. The molecule has 0 bridgehead atoms. The van der Waals surface area contributed by atoms with Crippen LogP contribution in [0.3, 0.4) is 0 Å². The standard InChI is InChI=1S/C17H15F3N4O2/c18-17(19,20)16-22-21-14-10-23(6-7-24(14)16)15(25)4-2-11-1-3-13-12(9-11)5-8-26-13/h1-4,9H,5-8,10H2/b4-2+. The molecule has 0 unspecified atom stereocenters. The third-order valence-electron chi connectivity index (χ3n) is 4.45. The predicted molar refractivity (Wildman–Crippen MR) is 85.1 cm³/mol. The minimum atomic E-state index is -4.55. The maximum Gasteiger partial charge on any atom is 0.451 e. The van der Waals surface area contributed by atoms with E-state index in [1.807, 2.05) is 18.2 Å². The van der Waals surface area contributed by atoms with E-state index < -0.39 is 12.0 Å². The summed E-state index contributed by atoms with van der Waals surface area (Å²) in [6.07, 6.45) is -0.585. The Balaban J connectivity index is 1.46. The van der Waals surface area contributed by atoms with Crippen molar-refractivity contribution in [1.29, 1.82) is 0 Å². The van der Waals surface area contributed by atoms with Crippen LogP contribution in [0.1, 0.15) is 22.8 Å². The summed E-state index contributed by atoms with van der Waals surface area (Å²) in [6.45, 7) is 0.863. The molecule has 0 saturated heterocycles. The SMILES string of the molecule is O=C(/C=C/c1ccc2c(c1)CCO2)N1CCn2c(nnc2C(F)(F)F)C1. The fourth-order valence-electron chi connectivity index (χ4n) is 3.14. The van der Waals surface area contributed by atoms with Crippen LogP contribution in [-0.2, 0) is 30.5 Å². The average Bonchev–Trinajstić information content (AvgIpc) is 3.24. The second-order valence-electron chi connectivity index (χ2n) is 6.15. The molecule has 0 fully saturated rings. The largest absolute Gasteiger partial charge is 0.493 e. The van der Waals surface area contributed by atoms with Crippen LogP contribution in [-0.4, -0.2) is 38.7 Å². The summed E-state index contributed by atoms with van der Waals surface area (Å²) < 4.78 is 45.0. The van der Waals surface area contributed by atoms with Crippen molar-refractivity contribution in [2.75, 3.05) is 13.2 Å². The number of hydrogen-bond acceptors (Lipinski definition) is 4. The summed E-state index contributed by atoms with van der Waals surface area (Å²) in [5.41, 5.74) is 1.98. The number of amides is 1. The van der Waals surface area contributed by atoms with E-state index >= 15 is 0 Å². The molecular formula is C17H15F3N4O2. The molecule has 2 aromatic rings. The summed E-state index contributed by atoms with van der Waals surface area (Å²) in [5, 5.41) is 6.78. The number of halogens is 3. The maximum atomic E-state index is 12.8. The Hall–Kier alpha value is -2.84. The highest BCUT2D eigenvalue weighted by Crippen LogP contribution is 2.29. The molecular weight excluding hydrogens is 349 g/mol. The van der Waals surface area contributed by atoms with E-state index in [1.165, 1.54) is 11.0 Å². The van der Waals surface area contributed by atoms with Gasteiger partial charge in [-0.1, -0.05) is 6.07 Å². The van der Waals surface area contributed by atoms with Gasteiger partial charge in [0.2, 0.25) is 11.7 Å². The van der Waals surface area contributed by atoms with Crippen LogP contribution in [0, 0.1) is 0 Å². The van der Waals surface area contributed by atoms with Gasteiger partial charge in [0.05, 0.1) is 13.2 Å². The number of nitrogens with zero attached hydrogens (tertiary/aromatic N) is 4. The van der Waals surface area contributed by atoms with E-state index in [1.54, 1.807) is 6.08 Å². The highest BCUT2D eigenvalue weighted by molar-refractivity contribution is 5.91. The molecule has 2 aliphatic rings. The number of fused-ring (bicyclic) bond motifs is 2. The molecule has 3 heterocycles. The van der Waals surface area contributed by atoms with E-state index in [0.717, 1.165) is 27.9 Å². The molecule has 26 heavy (non-hydrogen) atoms. The van der Waals surface area contributed by atoms with Crippen LogP contribution in [0.25, 0.3) is 6.08 Å². The first-order valence-corrected chi connectivity index (χ1v) is 8.14. The topological polar surface area (TPSA) is 60.2 Å². The van der Waals surface area contributed by atoms with Gasteiger partial charge in [-0.2, -0.15) is 13.2 Å². The van der Waals surface area contributed by atoms with Crippen LogP contribution in [0.15, 0.2) is 24.3 Å². The lowest BCUT2D eigenvalue weighted by Crippen LogP contribution is -2.38. The smallest absolute Gasteiger partial charge is 0.451 e. The van der Waals surface area contributed by atoms with Crippen LogP contribution >= 0.6 is 0 Å². The lowest BCUT2D eigenvalue weighted by Gasteiger charge is -2.27. The van der Waals surface area contributed by atoms with E-state index in [9.17, 15) is 18.0 Å². The third kappa shape index (κ3) is 3.04. The molecule has 0 saturated carbocycles. The first-order chi connectivity index (χ1) is 12.4. The number of rotatable bonds is 2. The third-order valence-corrected chi connectivity index (χ3v) is 4.45. The summed E-state index contributed by atoms with van der Waals surface area (Å²) in [4.78, 5) is 13.8. The van der Waals surface area contributed by atoms with Crippen molar-refractivity contribution in [2.45, 2.75) is 25.7 Å². The van der Waals surface area contributed by atoms with Crippen molar-refractivity contribution in [3.8, 4) is 5.75 Å². The summed E-state index contributed by atoms with van der Waals surface area (Å²) in [6, 6.07) is 5.69.